The van der Waals surface area contributed by atoms with Gasteiger partial charge in [0.2, 0.25) is 0 Å². The molecular formula is C17H25NO4. The quantitative estimate of drug-likeness (QED) is 0.793. The zero-order valence-electron chi connectivity index (χ0n) is 13.1. The Kier molecular flexibility index (Phi) is 6.52. The zero-order valence-corrected chi connectivity index (χ0v) is 13.1. The van der Waals surface area contributed by atoms with Gasteiger partial charge in [-0.15, -0.1) is 0 Å². The smallest absolute Gasteiger partial charge is 0.406 e. The molecule has 122 valence electrons. The first-order valence-electron chi connectivity index (χ1n) is 7.90. The molecule has 0 spiro atoms. The second-order valence-electron chi connectivity index (χ2n) is 5.73. The summed E-state index contributed by atoms with van der Waals surface area (Å²) in [7, 11) is 1.33. The Morgan fingerprint density at radius 1 is 1.27 bits per heavy atom. The molecule has 0 unspecified atom stereocenters. The van der Waals surface area contributed by atoms with E-state index in [2.05, 4.69) is 10.1 Å². The fraction of sp³-hybridized carbons (Fsp3) is 0.588. The van der Waals surface area contributed by atoms with Crippen LogP contribution in [0, 0.1) is 5.92 Å². The van der Waals surface area contributed by atoms with Gasteiger partial charge in [0.05, 0.1) is 19.8 Å². The molecule has 2 rings (SSSR count). The normalized spacial score (nSPS) is 21.2. The molecule has 0 aromatic heterocycles. The summed E-state index contributed by atoms with van der Waals surface area (Å²) in [6, 6.07) is 7.96. The maximum atomic E-state index is 10.9. The van der Waals surface area contributed by atoms with Crippen molar-refractivity contribution in [2.45, 2.75) is 38.2 Å². The van der Waals surface area contributed by atoms with Crippen LogP contribution in [0.2, 0.25) is 0 Å². The number of rotatable bonds is 6. The van der Waals surface area contributed by atoms with Crippen LogP contribution < -0.4 is 10.1 Å². The maximum absolute atomic E-state index is 10.9. The van der Waals surface area contributed by atoms with E-state index < -0.39 is 6.09 Å². The topological polar surface area (TPSA) is 67.8 Å². The number of hydrogen-bond donors (Lipinski definition) is 2. The van der Waals surface area contributed by atoms with Crippen molar-refractivity contribution < 1.29 is 19.4 Å². The predicted molar refractivity (Wildman–Crippen MR) is 84.0 cm³/mol. The van der Waals surface area contributed by atoms with Crippen LogP contribution >= 0.6 is 0 Å². The Bertz CT molecular complexity index is 460. The van der Waals surface area contributed by atoms with Crippen molar-refractivity contribution in [3.8, 4) is 5.75 Å². The Balaban J connectivity index is 1.74. The summed E-state index contributed by atoms with van der Waals surface area (Å²) in [6.45, 7) is 0.804. The van der Waals surface area contributed by atoms with Crippen molar-refractivity contribution in [3.05, 3.63) is 29.8 Å². The minimum atomic E-state index is -0.454. The lowest BCUT2D eigenvalue weighted by Crippen LogP contribution is -2.27. The third-order valence-corrected chi connectivity index (χ3v) is 4.12. The van der Waals surface area contributed by atoms with Crippen LogP contribution in [0.5, 0.6) is 5.75 Å². The molecule has 0 heterocycles. The molecule has 1 aromatic carbocycles. The number of nitrogens with one attached hydrogen (secondary N) is 1. The van der Waals surface area contributed by atoms with Crippen LogP contribution in [0.4, 0.5) is 4.79 Å². The summed E-state index contributed by atoms with van der Waals surface area (Å²) in [5.74, 6) is 1.16. The van der Waals surface area contributed by atoms with Crippen molar-refractivity contribution in [1.29, 1.82) is 0 Å². The highest BCUT2D eigenvalue weighted by Crippen LogP contribution is 2.27. The molecule has 5 heteroatoms. The third kappa shape index (κ3) is 5.22. The highest BCUT2D eigenvalue weighted by atomic mass is 16.5. The minimum Gasteiger partial charge on any atom is -0.492 e. The van der Waals surface area contributed by atoms with Gasteiger partial charge in [-0.25, -0.2) is 4.79 Å². The first-order chi connectivity index (χ1) is 10.7. The van der Waals surface area contributed by atoms with Crippen LogP contribution in [0.3, 0.4) is 0 Å². The number of carbonyl (C=O) groups is 1. The van der Waals surface area contributed by atoms with E-state index in [-0.39, 0.29) is 6.10 Å². The largest absolute Gasteiger partial charge is 0.492 e. The number of ether oxygens (including phenoxy) is 2. The molecule has 0 aliphatic heterocycles. The number of carbonyl (C=O) groups excluding carboxylic acids is 1. The van der Waals surface area contributed by atoms with Crippen molar-refractivity contribution in [2.24, 2.45) is 5.92 Å². The van der Waals surface area contributed by atoms with E-state index in [0.717, 1.165) is 31.4 Å². The maximum Gasteiger partial charge on any atom is 0.406 e. The molecule has 1 amide bonds. The molecule has 0 bridgehead atoms. The number of methoxy groups -OCH3 is 1. The van der Waals surface area contributed by atoms with Crippen molar-refractivity contribution >= 4 is 6.09 Å². The molecule has 1 saturated carbocycles. The first-order valence-corrected chi connectivity index (χ1v) is 7.90. The van der Waals surface area contributed by atoms with E-state index >= 15 is 0 Å². The number of aliphatic hydroxyl groups is 1. The number of alkyl carbamates (subject to hydrolysis) is 1. The highest BCUT2D eigenvalue weighted by Gasteiger charge is 2.22. The highest BCUT2D eigenvalue weighted by molar-refractivity contribution is 5.66. The molecular weight excluding hydrogens is 282 g/mol. The molecule has 1 aliphatic rings. The molecule has 2 atom stereocenters. The molecule has 2 N–H and O–H groups in total. The van der Waals surface area contributed by atoms with Gasteiger partial charge in [0.15, 0.2) is 0 Å². The fourth-order valence-electron chi connectivity index (χ4n) is 2.84. The minimum absolute atomic E-state index is 0.158. The summed E-state index contributed by atoms with van der Waals surface area (Å²) < 4.78 is 10.0. The standard InChI is InChI=1S/C17H25NO4/c1-21-17(20)18-10-11-22-15-8-6-13(7-9-15)12-14-4-2-3-5-16(14)19/h6-9,14,16,19H,2-5,10-12H2,1H3,(H,18,20)/t14-,16-/m0/s1. The van der Waals surface area contributed by atoms with Crippen LogP contribution in [0.25, 0.3) is 0 Å². The van der Waals surface area contributed by atoms with Crippen molar-refractivity contribution in [1.82, 2.24) is 5.32 Å². The summed E-state index contributed by atoms with van der Waals surface area (Å²) in [4.78, 5) is 10.9. The Hall–Kier alpha value is -1.75. The Morgan fingerprint density at radius 2 is 2.00 bits per heavy atom. The van der Waals surface area contributed by atoms with Gasteiger partial charge in [0.25, 0.3) is 0 Å². The number of hydrogen-bond acceptors (Lipinski definition) is 4. The average Bonchev–Trinajstić information content (AvgIpc) is 2.55. The van der Waals surface area contributed by atoms with Crippen LogP contribution in [0.15, 0.2) is 24.3 Å². The average molecular weight is 307 g/mol. The van der Waals surface area contributed by atoms with Crippen molar-refractivity contribution in [2.75, 3.05) is 20.3 Å². The molecule has 1 aromatic rings. The monoisotopic (exact) mass is 307 g/mol. The van der Waals surface area contributed by atoms with E-state index in [1.54, 1.807) is 0 Å². The van der Waals surface area contributed by atoms with Gasteiger partial charge in [-0.1, -0.05) is 25.0 Å². The van der Waals surface area contributed by atoms with Crippen molar-refractivity contribution in [3.63, 3.8) is 0 Å². The van der Waals surface area contributed by atoms with Gasteiger partial charge < -0.3 is 19.9 Å². The molecule has 0 radical (unpaired) electrons. The third-order valence-electron chi connectivity index (χ3n) is 4.12. The summed E-state index contributed by atoms with van der Waals surface area (Å²) in [5.41, 5.74) is 1.23. The summed E-state index contributed by atoms with van der Waals surface area (Å²) in [5, 5.41) is 12.6. The lowest BCUT2D eigenvalue weighted by atomic mass is 9.82. The lowest BCUT2D eigenvalue weighted by Gasteiger charge is -2.27. The van der Waals surface area contributed by atoms with Gasteiger partial charge in [0.1, 0.15) is 12.4 Å². The van der Waals surface area contributed by atoms with Gasteiger partial charge >= 0.3 is 6.09 Å². The first kappa shape index (κ1) is 16.6. The second kappa shape index (κ2) is 8.63. The molecule has 1 aliphatic carbocycles. The van der Waals surface area contributed by atoms with E-state index in [4.69, 9.17) is 4.74 Å². The molecule has 5 nitrogen and oxygen atoms in total. The van der Waals surface area contributed by atoms with Crippen LogP contribution in [-0.2, 0) is 11.2 Å². The molecule has 1 fully saturated rings. The number of aliphatic hydroxyl groups excluding tert-OH is 1. The second-order valence-corrected chi connectivity index (χ2v) is 5.73. The SMILES string of the molecule is COC(=O)NCCOc1ccc(C[C@@H]2CCCC[C@@H]2O)cc1. The summed E-state index contributed by atoms with van der Waals surface area (Å²) >= 11 is 0. The van der Waals surface area contributed by atoms with Gasteiger partial charge in [-0.3, -0.25) is 0 Å². The molecule has 0 saturated heterocycles. The van der Waals surface area contributed by atoms with Gasteiger partial charge in [-0.2, -0.15) is 0 Å². The van der Waals surface area contributed by atoms with Crippen LogP contribution in [-0.4, -0.2) is 37.6 Å². The fourth-order valence-corrected chi connectivity index (χ4v) is 2.84. The van der Waals surface area contributed by atoms with Gasteiger partial charge in [-0.05, 0) is 42.9 Å². The summed E-state index contributed by atoms with van der Waals surface area (Å²) in [6.07, 6.45) is 4.71. The van der Waals surface area contributed by atoms with E-state index in [9.17, 15) is 9.90 Å². The zero-order chi connectivity index (χ0) is 15.8. The van der Waals surface area contributed by atoms with E-state index in [1.165, 1.54) is 19.1 Å². The number of benzene rings is 1. The predicted octanol–water partition coefficient (Wildman–Crippen LogP) is 2.52. The van der Waals surface area contributed by atoms with E-state index in [1.807, 2.05) is 24.3 Å². The van der Waals surface area contributed by atoms with Crippen LogP contribution in [0.1, 0.15) is 31.2 Å². The number of amides is 1. The Labute approximate surface area is 131 Å². The lowest BCUT2D eigenvalue weighted by molar-refractivity contribution is 0.0700. The van der Waals surface area contributed by atoms with E-state index in [0.29, 0.717) is 19.1 Å². The molecule has 22 heavy (non-hydrogen) atoms. The Morgan fingerprint density at radius 3 is 2.68 bits per heavy atom. The van der Waals surface area contributed by atoms with Gasteiger partial charge in [0, 0.05) is 0 Å².